The van der Waals surface area contributed by atoms with E-state index >= 15 is 0 Å². The lowest BCUT2D eigenvalue weighted by atomic mass is 10.2. The number of carbonyl (C=O) groups is 1. The minimum atomic E-state index is -0.179. The lowest BCUT2D eigenvalue weighted by Gasteiger charge is -2.28. The van der Waals surface area contributed by atoms with Crippen LogP contribution in [0.25, 0.3) is 0 Å². The maximum Gasteiger partial charge on any atom is 0.243 e. The van der Waals surface area contributed by atoms with Crippen LogP contribution in [-0.2, 0) is 9.53 Å². The number of hydrogen-bond acceptors (Lipinski definition) is 6. The number of aromatic nitrogens is 1. The Morgan fingerprint density at radius 2 is 1.84 bits per heavy atom. The molecule has 2 heterocycles. The number of hydrogen-bond donors (Lipinski definition) is 2. The SMILES string of the molecule is O=C(CNc1ccccc1Oc1ncc(Cl)cc1Cl)Nc1ccc(N2CCOCC2)cc1. The molecule has 4 rings (SSSR count). The Hall–Kier alpha value is -3.00. The van der Waals surface area contributed by atoms with Crippen LogP contribution in [0.2, 0.25) is 10.0 Å². The average molecular weight is 473 g/mol. The topological polar surface area (TPSA) is 75.7 Å². The van der Waals surface area contributed by atoms with E-state index in [1.807, 2.05) is 42.5 Å². The molecule has 166 valence electrons. The summed E-state index contributed by atoms with van der Waals surface area (Å²) in [6, 6.07) is 16.6. The van der Waals surface area contributed by atoms with Gasteiger partial charge in [0.25, 0.3) is 0 Å². The van der Waals surface area contributed by atoms with Crippen molar-refractivity contribution in [1.82, 2.24) is 4.98 Å². The molecule has 2 N–H and O–H groups in total. The second-order valence-corrected chi connectivity index (χ2v) is 7.93. The molecule has 1 aliphatic rings. The molecule has 3 aromatic rings. The van der Waals surface area contributed by atoms with E-state index in [2.05, 4.69) is 20.5 Å². The van der Waals surface area contributed by atoms with Crippen molar-refractivity contribution >= 4 is 46.2 Å². The molecule has 0 unspecified atom stereocenters. The molecule has 2 aromatic carbocycles. The summed E-state index contributed by atoms with van der Waals surface area (Å²) in [5.74, 6) is 0.545. The van der Waals surface area contributed by atoms with Crippen molar-refractivity contribution in [2.75, 3.05) is 48.4 Å². The molecule has 0 atom stereocenters. The van der Waals surface area contributed by atoms with E-state index in [0.29, 0.717) is 21.5 Å². The van der Waals surface area contributed by atoms with Gasteiger partial charge in [-0.15, -0.1) is 0 Å². The highest BCUT2D eigenvalue weighted by Crippen LogP contribution is 2.33. The summed E-state index contributed by atoms with van der Waals surface area (Å²) in [4.78, 5) is 18.8. The monoisotopic (exact) mass is 472 g/mol. The first-order valence-corrected chi connectivity index (χ1v) is 10.9. The predicted octanol–water partition coefficient (Wildman–Crippen LogP) is 5.07. The molecule has 7 nitrogen and oxygen atoms in total. The van der Waals surface area contributed by atoms with Gasteiger partial charge in [-0.1, -0.05) is 35.3 Å². The quantitative estimate of drug-likeness (QED) is 0.499. The number of nitrogens with one attached hydrogen (secondary N) is 2. The molecule has 1 saturated heterocycles. The zero-order chi connectivity index (χ0) is 22.3. The fourth-order valence-corrected chi connectivity index (χ4v) is 3.66. The van der Waals surface area contributed by atoms with Crippen LogP contribution in [0.1, 0.15) is 0 Å². The largest absolute Gasteiger partial charge is 0.435 e. The summed E-state index contributed by atoms with van der Waals surface area (Å²) in [7, 11) is 0. The first-order valence-electron chi connectivity index (χ1n) is 10.1. The van der Waals surface area contributed by atoms with E-state index < -0.39 is 0 Å². The van der Waals surface area contributed by atoms with Gasteiger partial charge < -0.3 is 25.0 Å². The van der Waals surface area contributed by atoms with Gasteiger partial charge in [0.15, 0.2) is 5.75 Å². The van der Waals surface area contributed by atoms with Crippen LogP contribution >= 0.6 is 23.2 Å². The maximum atomic E-state index is 12.4. The summed E-state index contributed by atoms with van der Waals surface area (Å²) < 4.78 is 11.2. The highest BCUT2D eigenvalue weighted by Gasteiger charge is 2.12. The number of anilines is 3. The molecule has 0 aliphatic carbocycles. The van der Waals surface area contributed by atoms with Crippen LogP contribution in [-0.4, -0.2) is 43.7 Å². The minimum Gasteiger partial charge on any atom is -0.435 e. The number of halogens is 2. The number of amides is 1. The van der Waals surface area contributed by atoms with Gasteiger partial charge in [0, 0.05) is 30.7 Å². The fraction of sp³-hybridized carbons (Fsp3) is 0.217. The normalized spacial score (nSPS) is 13.5. The Bertz CT molecular complexity index is 1070. The number of carbonyl (C=O) groups excluding carboxylic acids is 1. The van der Waals surface area contributed by atoms with Gasteiger partial charge in [0.1, 0.15) is 5.02 Å². The zero-order valence-electron chi connectivity index (χ0n) is 17.2. The van der Waals surface area contributed by atoms with Gasteiger partial charge in [-0.25, -0.2) is 4.98 Å². The molecule has 32 heavy (non-hydrogen) atoms. The molecule has 0 spiro atoms. The molecule has 1 aliphatic heterocycles. The van der Waals surface area contributed by atoms with E-state index in [9.17, 15) is 4.79 Å². The molecular formula is C23H22Cl2N4O3. The lowest BCUT2D eigenvalue weighted by Crippen LogP contribution is -2.36. The Morgan fingerprint density at radius 1 is 1.09 bits per heavy atom. The van der Waals surface area contributed by atoms with Crippen molar-refractivity contribution in [1.29, 1.82) is 0 Å². The van der Waals surface area contributed by atoms with Crippen LogP contribution in [0.3, 0.4) is 0 Å². The van der Waals surface area contributed by atoms with Gasteiger partial charge in [-0.2, -0.15) is 0 Å². The molecule has 1 amide bonds. The Kier molecular flexibility index (Phi) is 7.32. The standard InChI is InChI=1S/C23H22Cl2N4O3/c24-16-13-19(25)23(27-14-16)32-21-4-2-1-3-20(21)26-15-22(30)28-17-5-7-18(8-6-17)29-9-11-31-12-10-29/h1-8,13-14,26H,9-12,15H2,(H,28,30). The Labute approximate surface area is 196 Å². The molecular weight excluding hydrogens is 451 g/mol. The summed E-state index contributed by atoms with van der Waals surface area (Å²) in [5.41, 5.74) is 2.48. The van der Waals surface area contributed by atoms with E-state index in [4.69, 9.17) is 32.7 Å². The fourth-order valence-electron chi connectivity index (χ4n) is 3.24. The number of rotatable bonds is 7. The third-order valence-corrected chi connectivity index (χ3v) is 5.31. The van der Waals surface area contributed by atoms with Gasteiger partial charge in [0.05, 0.1) is 30.5 Å². The minimum absolute atomic E-state index is 0.0629. The maximum absolute atomic E-state index is 12.4. The summed E-state index contributed by atoms with van der Waals surface area (Å²) >= 11 is 12.0. The second-order valence-electron chi connectivity index (χ2n) is 7.09. The van der Waals surface area contributed by atoms with Gasteiger partial charge in [0.2, 0.25) is 11.8 Å². The molecule has 0 radical (unpaired) electrons. The van der Waals surface area contributed by atoms with E-state index in [0.717, 1.165) is 37.7 Å². The van der Waals surface area contributed by atoms with E-state index in [-0.39, 0.29) is 18.3 Å². The van der Waals surface area contributed by atoms with Crippen molar-refractivity contribution in [3.63, 3.8) is 0 Å². The first kappa shape index (κ1) is 22.2. The van der Waals surface area contributed by atoms with Gasteiger partial charge >= 0.3 is 0 Å². The van der Waals surface area contributed by atoms with Crippen molar-refractivity contribution < 1.29 is 14.3 Å². The summed E-state index contributed by atoms with van der Waals surface area (Å²) in [6.45, 7) is 3.26. The number of ether oxygens (including phenoxy) is 2. The van der Waals surface area contributed by atoms with Crippen LogP contribution < -0.4 is 20.3 Å². The lowest BCUT2D eigenvalue weighted by molar-refractivity contribution is -0.114. The second kappa shape index (κ2) is 10.5. The third-order valence-electron chi connectivity index (χ3n) is 4.83. The Morgan fingerprint density at radius 3 is 2.59 bits per heavy atom. The van der Waals surface area contributed by atoms with Crippen LogP contribution in [0.5, 0.6) is 11.6 Å². The van der Waals surface area contributed by atoms with Gasteiger partial charge in [-0.3, -0.25) is 4.79 Å². The Balaban J connectivity index is 1.34. The van der Waals surface area contributed by atoms with Crippen molar-refractivity contribution in [3.05, 3.63) is 70.8 Å². The zero-order valence-corrected chi connectivity index (χ0v) is 18.7. The number of benzene rings is 2. The van der Waals surface area contributed by atoms with Gasteiger partial charge in [-0.05, 0) is 42.5 Å². The highest BCUT2D eigenvalue weighted by molar-refractivity contribution is 6.35. The molecule has 9 heteroatoms. The number of pyridine rings is 1. The molecule has 1 aromatic heterocycles. The first-order chi connectivity index (χ1) is 15.6. The van der Waals surface area contributed by atoms with E-state index in [1.54, 1.807) is 12.1 Å². The smallest absolute Gasteiger partial charge is 0.243 e. The predicted molar refractivity (Wildman–Crippen MR) is 127 cm³/mol. The summed E-state index contributed by atoms with van der Waals surface area (Å²) in [5, 5.41) is 6.70. The van der Waals surface area contributed by atoms with Crippen molar-refractivity contribution in [2.45, 2.75) is 0 Å². The third kappa shape index (κ3) is 5.82. The van der Waals surface area contributed by atoms with Crippen LogP contribution in [0.15, 0.2) is 60.8 Å². The van der Waals surface area contributed by atoms with Crippen molar-refractivity contribution in [3.8, 4) is 11.6 Å². The number of morpholine rings is 1. The highest BCUT2D eigenvalue weighted by atomic mass is 35.5. The van der Waals surface area contributed by atoms with Crippen LogP contribution in [0.4, 0.5) is 17.1 Å². The number of nitrogens with zero attached hydrogens (tertiary/aromatic N) is 2. The molecule has 0 bridgehead atoms. The van der Waals surface area contributed by atoms with Crippen molar-refractivity contribution in [2.24, 2.45) is 0 Å². The van der Waals surface area contributed by atoms with E-state index in [1.165, 1.54) is 6.20 Å². The molecule has 0 saturated carbocycles. The number of para-hydroxylation sites is 2. The summed E-state index contributed by atoms with van der Waals surface area (Å²) in [6.07, 6.45) is 1.45. The average Bonchev–Trinajstić information content (AvgIpc) is 2.81. The van der Waals surface area contributed by atoms with Crippen LogP contribution in [0, 0.1) is 0 Å². The molecule has 1 fully saturated rings.